The number of nitrogens with zero attached hydrogens (tertiary/aromatic N) is 4. The van der Waals surface area contributed by atoms with Gasteiger partial charge < -0.3 is 9.88 Å². The highest BCUT2D eigenvalue weighted by Gasteiger charge is 2.43. The Morgan fingerprint density at radius 3 is 2.58 bits per heavy atom. The van der Waals surface area contributed by atoms with E-state index in [9.17, 15) is 14.9 Å². The zero-order valence-electron chi connectivity index (χ0n) is 17.9. The third kappa shape index (κ3) is 3.79. The van der Waals surface area contributed by atoms with Crippen LogP contribution >= 0.6 is 11.3 Å². The second-order valence-corrected chi connectivity index (χ2v) is 10.3. The van der Waals surface area contributed by atoms with Crippen LogP contribution in [-0.2, 0) is 24.2 Å². The molecule has 2 aromatic heterocycles. The van der Waals surface area contributed by atoms with Crippen molar-refractivity contribution in [3.05, 3.63) is 26.6 Å². The molecule has 0 aromatic carbocycles. The maximum atomic E-state index is 13.1. The van der Waals surface area contributed by atoms with E-state index in [1.165, 1.54) is 16.9 Å². The number of nitriles is 1. The predicted molar refractivity (Wildman–Crippen MR) is 120 cm³/mol. The maximum absolute atomic E-state index is 13.1. The first kappa shape index (κ1) is 20.7. The summed E-state index contributed by atoms with van der Waals surface area (Å²) in [6.07, 6.45) is 8.83. The van der Waals surface area contributed by atoms with Crippen molar-refractivity contribution >= 4 is 27.5 Å². The van der Waals surface area contributed by atoms with Crippen LogP contribution in [0.4, 0.5) is 0 Å². The van der Waals surface area contributed by atoms with E-state index in [0.29, 0.717) is 38.3 Å². The third-order valence-electron chi connectivity index (χ3n) is 7.24. The lowest BCUT2D eigenvalue weighted by Gasteiger charge is -2.39. The number of rotatable bonds is 3. The van der Waals surface area contributed by atoms with Crippen molar-refractivity contribution in [3.8, 4) is 6.07 Å². The Balaban J connectivity index is 1.26. The number of H-pyrrole nitrogens is 1. The van der Waals surface area contributed by atoms with Crippen LogP contribution < -0.4 is 5.56 Å². The quantitative estimate of drug-likeness (QED) is 0.794. The summed E-state index contributed by atoms with van der Waals surface area (Å²) in [5.74, 6) is 0.725. The molecule has 5 rings (SSSR count). The number of carbonyl (C=O) groups is 1. The Kier molecular flexibility index (Phi) is 5.57. The van der Waals surface area contributed by atoms with Gasteiger partial charge in [0.15, 0.2) is 0 Å². The van der Waals surface area contributed by atoms with E-state index >= 15 is 0 Å². The fraction of sp³-hybridized carbons (Fsp3) is 0.652. The first-order chi connectivity index (χ1) is 15.1. The molecule has 8 heteroatoms. The molecule has 1 amide bonds. The minimum Gasteiger partial charge on any atom is -0.339 e. The number of nitrogens with one attached hydrogen (secondary N) is 1. The number of thiophene rings is 1. The summed E-state index contributed by atoms with van der Waals surface area (Å²) in [6, 6.07) is 2.36. The molecule has 7 nitrogen and oxygen atoms in total. The zero-order valence-corrected chi connectivity index (χ0v) is 18.7. The van der Waals surface area contributed by atoms with E-state index in [1.54, 1.807) is 11.3 Å². The van der Waals surface area contributed by atoms with Gasteiger partial charge >= 0.3 is 0 Å². The lowest BCUT2D eigenvalue weighted by molar-refractivity contribution is -0.142. The van der Waals surface area contributed by atoms with Crippen molar-refractivity contribution in [1.29, 1.82) is 5.26 Å². The van der Waals surface area contributed by atoms with Crippen LogP contribution in [0.25, 0.3) is 10.2 Å². The average Bonchev–Trinajstić information content (AvgIpc) is 3.18. The van der Waals surface area contributed by atoms with Crippen molar-refractivity contribution in [2.75, 3.05) is 26.2 Å². The molecule has 0 unspecified atom stereocenters. The average molecular weight is 440 g/mol. The summed E-state index contributed by atoms with van der Waals surface area (Å²) in [5, 5.41) is 10.5. The van der Waals surface area contributed by atoms with Crippen LogP contribution in [0.1, 0.15) is 61.2 Å². The molecule has 1 N–H and O–H groups in total. The molecule has 2 aliphatic carbocycles. The summed E-state index contributed by atoms with van der Waals surface area (Å²) >= 11 is 1.68. The summed E-state index contributed by atoms with van der Waals surface area (Å²) in [7, 11) is 0. The highest BCUT2D eigenvalue weighted by Crippen LogP contribution is 2.38. The molecular weight excluding hydrogens is 410 g/mol. The molecule has 0 spiro atoms. The standard InChI is InChI=1S/C23H29N5O2S/c24-15-23(8-4-1-5-9-23)22(30)28-12-10-27(11-13-28)14-18-25-20(29)19-16-6-2-3-7-17(16)31-21(19)26-18/h1-14H2,(H,25,26,29). The van der Waals surface area contributed by atoms with Gasteiger partial charge in [0.1, 0.15) is 16.1 Å². The first-order valence-corrected chi connectivity index (χ1v) is 12.4. The summed E-state index contributed by atoms with van der Waals surface area (Å²) in [5.41, 5.74) is 0.394. The van der Waals surface area contributed by atoms with Crippen LogP contribution in [0.5, 0.6) is 0 Å². The predicted octanol–water partition coefficient (Wildman–Crippen LogP) is 2.98. The third-order valence-corrected chi connectivity index (χ3v) is 8.42. The van der Waals surface area contributed by atoms with Gasteiger partial charge in [-0.25, -0.2) is 4.98 Å². The fourth-order valence-electron chi connectivity index (χ4n) is 5.44. The van der Waals surface area contributed by atoms with Crippen molar-refractivity contribution in [1.82, 2.24) is 19.8 Å². The monoisotopic (exact) mass is 439 g/mol. The molecule has 2 fully saturated rings. The van der Waals surface area contributed by atoms with E-state index in [-0.39, 0.29) is 11.5 Å². The summed E-state index contributed by atoms with van der Waals surface area (Å²) in [4.78, 5) is 40.0. The van der Waals surface area contributed by atoms with E-state index in [0.717, 1.165) is 61.8 Å². The van der Waals surface area contributed by atoms with E-state index in [4.69, 9.17) is 4.98 Å². The van der Waals surface area contributed by atoms with Crippen molar-refractivity contribution < 1.29 is 4.79 Å². The number of aryl methyl sites for hydroxylation is 2. The number of aromatic amines is 1. The van der Waals surface area contributed by atoms with Crippen LogP contribution in [0.2, 0.25) is 0 Å². The Morgan fingerprint density at radius 1 is 1.10 bits per heavy atom. The molecular formula is C23H29N5O2S. The number of hydrogen-bond donors (Lipinski definition) is 1. The van der Waals surface area contributed by atoms with E-state index in [1.807, 2.05) is 4.90 Å². The Labute approximate surface area is 186 Å². The molecule has 0 radical (unpaired) electrons. The highest BCUT2D eigenvalue weighted by molar-refractivity contribution is 7.18. The Bertz CT molecular complexity index is 1080. The molecule has 1 saturated carbocycles. The number of amides is 1. The smallest absolute Gasteiger partial charge is 0.259 e. The Hall–Kier alpha value is -2.24. The zero-order chi connectivity index (χ0) is 21.4. The minimum atomic E-state index is -0.809. The fourth-order valence-corrected chi connectivity index (χ4v) is 6.72. The topological polar surface area (TPSA) is 93.1 Å². The number of fused-ring (bicyclic) bond motifs is 3. The molecule has 2 aromatic rings. The number of aromatic nitrogens is 2. The first-order valence-electron chi connectivity index (χ1n) is 11.6. The van der Waals surface area contributed by atoms with Gasteiger partial charge in [0, 0.05) is 31.1 Å². The number of carbonyl (C=O) groups excluding carboxylic acids is 1. The molecule has 3 heterocycles. The van der Waals surface area contributed by atoms with Crippen LogP contribution in [0, 0.1) is 16.7 Å². The van der Waals surface area contributed by atoms with Gasteiger partial charge in [0.2, 0.25) is 5.91 Å². The maximum Gasteiger partial charge on any atom is 0.259 e. The van der Waals surface area contributed by atoms with Gasteiger partial charge in [-0.05, 0) is 44.1 Å². The molecule has 0 bridgehead atoms. The van der Waals surface area contributed by atoms with Crippen LogP contribution in [0.3, 0.4) is 0 Å². The highest BCUT2D eigenvalue weighted by atomic mass is 32.1. The summed E-state index contributed by atoms with van der Waals surface area (Å²) < 4.78 is 0. The van der Waals surface area contributed by atoms with Gasteiger partial charge in [-0.2, -0.15) is 5.26 Å². The van der Waals surface area contributed by atoms with Gasteiger partial charge in [0.25, 0.3) is 5.56 Å². The normalized spacial score (nSPS) is 21.6. The number of hydrogen-bond acceptors (Lipinski definition) is 6. The largest absolute Gasteiger partial charge is 0.339 e. The Morgan fingerprint density at radius 2 is 1.84 bits per heavy atom. The lowest BCUT2D eigenvalue weighted by Crippen LogP contribution is -2.53. The van der Waals surface area contributed by atoms with Gasteiger partial charge in [-0.1, -0.05) is 19.3 Å². The van der Waals surface area contributed by atoms with Crippen LogP contribution in [-0.4, -0.2) is 51.9 Å². The van der Waals surface area contributed by atoms with Crippen LogP contribution in [0.15, 0.2) is 4.79 Å². The second-order valence-electron chi connectivity index (χ2n) is 9.23. The van der Waals surface area contributed by atoms with Crippen molar-refractivity contribution in [3.63, 3.8) is 0 Å². The van der Waals surface area contributed by atoms with Crippen molar-refractivity contribution in [2.45, 2.75) is 64.3 Å². The molecule has 31 heavy (non-hydrogen) atoms. The molecule has 164 valence electrons. The molecule has 3 aliphatic rings. The van der Waals surface area contributed by atoms with Crippen molar-refractivity contribution in [2.24, 2.45) is 5.41 Å². The minimum absolute atomic E-state index is 0.0125. The summed E-state index contributed by atoms with van der Waals surface area (Å²) in [6.45, 7) is 3.30. The van der Waals surface area contributed by atoms with E-state index < -0.39 is 5.41 Å². The van der Waals surface area contributed by atoms with Gasteiger partial charge in [-0.3, -0.25) is 14.5 Å². The molecule has 0 atom stereocenters. The SMILES string of the molecule is N#CC1(C(=O)N2CCN(Cc3nc4sc5c(c4c(=O)[nH]3)CCCC5)CC2)CCCCC1. The number of piperazine rings is 1. The van der Waals surface area contributed by atoms with E-state index in [2.05, 4.69) is 16.0 Å². The second kappa shape index (κ2) is 8.36. The van der Waals surface area contributed by atoms with Gasteiger partial charge in [0.05, 0.1) is 18.0 Å². The molecule has 1 aliphatic heterocycles. The lowest BCUT2D eigenvalue weighted by atomic mass is 9.74. The van der Waals surface area contributed by atoms with Gasteiger partial charge in [-0.15, -0.1) is 11.3 Å². The molecule has 1 saturated heterocycles.